The molecule has 0 spiro atoms. The van der Waals surface area contributed by atoms with Crippen LogP contribution in [0.3, 0.4) is 0 Å². The summed E-state index contributed by atoms with van der Waals surface area (Å²) in [7, 11) is 1.82. The number of amides is 2. The predicted molar refractivity (Wildman–Crippen MR) is 110 cm³/mol. The van der Waals surface area contributed by atoms with Crippen LogP contribution in [0.2, 0.25) is 0 Å². The van der Waals surface area contributed by atoms with E-state index in [0.717, 1.165) is 0 Å². The standard InChI is InChI=1S/C19H19N5O5S/c1-12(25)21-13-3-5-14(6-4-13)22-18(27)9-29-17-8-28-15(7-16(17)26)10-30-19-23-20-11-24(19)2/h3-8,11H,9-10H2,1-2H3,(H,21,25)(H,22,27). The van der Waals surface area contributed by atoms with E-state index in [1.54, 1.807) is 35.2 Å². The highest BCUT2D eigenvalue weighted by molar-refractivity contribution is 7.98. The lowest BCUT2D eigenvalue weighted by Gasteiger charge is -2.08. The molecule has 2 aromatic heterocycles. The Bertz CT molecular complexity index is 1090. The van der Waals surface area contributed by atoms with Crippen molar-refractivity contribution in [1.82, 2.24) is 14.8 Å². The first-order valence-corrected chi connectivity index (χ1v) is 9.78. The van der Waals surface area contributed by atoms with Gasteiger partial charge in [0.15, 0.2) is 11.8 Å². The van der Waals surface area contributed by atoms with E-state index in [0.29, 0.717) is 28.0 Å². The summed E-state index contributed by atoms with van der Waals surface area (Å²) in [6.07, 6.45) is 2.77. The van der Waals surface area contributed by atoms with E-state index in [1.807, 2.05) is 7.05 Å². The molecule has 0 aliphatic rings. The fourth-order valence-electron chi connectivity index (χ4n) is 2.34. The molecule has 0 unspecified atom stereocenters. The summed E-state index contributed by atoms with van der Waals surface area (Å²) in [5.74, 6) is 0.167. The van der Waals surface area contributed by atoms with E-state index in [9.17, 15) is 14.4 Å². The lowest BCUT2D eigenvalue weighted by Crippen LogP contribution is -2.22. The molecule has 0 saturated carbocycles. The van der Waals surface area contributed by atoms with Crippen LogP contribution in [0, 0.1) is 0 Å². The maximum atomic E-state index is 12.2. The summed E-state index contributed by atoms with van der Waals surface area (Å²) < 4.78 is 12.4. The third-order valence-corrected chi connectivity index (χ3v) is 4.77. The molecule has 10 nitrogen and oxygen atoms in total. The Hall–Kier alpha value is -3.60. The van der Waals surface area contributed by atoms with Gasteiger partial charge in [-0.15, -0.1) is 10.2 Å². The average molecular weight is 429 g/mol. The van der Waals surface area contributed by atoms with Crippen molar-refractivity contribution in [1.29, 1.82) is 0 Å². The summed E-state index contributed by atoms with van der Waals surface area (Å²) in [5.41, 5.74) is 0.759. The van der Waals surface area contributed by atoms with Crippen LogP contribution in [0.15, 0.2) is 57.3 Å². The number of hydrogen-bond acceptors (Lipinski definition) is 8. The van der Waals surface area contributed by atoms with E-state index in [4.69, 9.17) is 9.15 Å². The summed E-state index contributed by atoms with van der Waals surface area (Å²) in [6, 6.07) is 7.91. The van der Waals surface area contributed by atoms with Crippen molar-refractivity contribution in [2.75, 3.05) is 17.2 Å². The van der Waals surface area contributed by atoms with Crippen molar-refractivity contribution in [2.45, 2.75) is 17.8 Å². The number of benzene rings is 1. The Kier molecular flexibility index (Phi) is 6.86. The Balaban J connectivity index is 1.50. The fourth-order valence-corrected chi connectivity index (χ4v) is 3.12. The van der Waals surface area contributed by atoms with Crippen molar-refractivity contribution >= 4 is 35.0 Å². The second-order valence-corrected chi connectivity index (χ2v) is 7.13. The molecule has 0 atom stereocenters. The van der Waals surface area contributed by atoms with Crippen molar-refractivity contribution in [2.24, 2.45) is 7.05 Å². The number of anilines is 2. The molecule has 0 aliphatic heterocycles. The summed E-state index contributed by atoms with van der Waals surface area (Å²) in [6.45, 7) is 1.05. The maximum Gasteiger partial charge on any atom is 0.262 e. The summed E-state index contributed by atoms with van der Waals surface area (Å²) >= 11 is 1.37. The minimum atomic E-state index is -0.441. The van der Waals surface area contributed by atoms with Crippen molar-refractivity contribution in [3.8, 4) is 5.75 Å². The van der Waals surface area contributed by atoms with Crippen LogP contribution in [0.25, 0.3) is 0 Å². The zero-order chi connectivity index (χ0) is 21.5. The molecule has 2 amide bonds. The van der Waals surface area contributed by atoms with Gasteiger partial charge in [-0.2, -0.15) is 0 Å². The smallest absolute Gasteiger partial charge is 0.262 e. The molecule has 3 rings (SSSR count). The number of hydrogen-bond donors (Lipinski definition) is 2. The van der Waals surface area contributed by atoms with Gasteiger partial charge in [-0.25, -0.2) is 0 Å². The number of carbonyl (C=O) groups excluding carboxylic acids is 2. The topological polar surface area (TPSA) is 128 Å². The molecule has 11 heteroatoms. The van der Waals surface area contributed by atoms with E-state index in [2.05, 4.69) is 20.8 Å². The van der Waals surface area contributed by atoms with Crippen LogP contribution in [-0.2, 0) is 22.4 Å². The van der Waals surface area contributed by atoms with E-state index >= 15 is 0 Å². The normalized spacial score (nSPS) is 10.5. The van der Waals surface area contributed by atoms with Crippen LogP contribution in [0.4, 0.5) is 11.4 Å². The van der Waals surface area contributed by atoms with E-state index in [-0.39, 0.29) is 23.7 Å². The van der Waals surface area contributed by atoms with Gasteiger partial charge < -0.3 is 24.4 Å². The molecule has 2 heterocycles. The molecule has 30 heavy (non-hydrogen) atoms. The van der Waals surface area contributed by atoms with Gasteiger partial charge in [0, 0.05) is 31.4 Å². The van der Waals surface area contributed by atoms with Gasteiger partial charge in [0.25, 0.3) is 5.91 Å². The number of nitrogens with zero attached hydrogens (tertiary/aromatic N) is 3. The molecular formula is C19H19N5O5S. The first kappa shape index (κ1) is 21.1. The first-order chi connectivity index (χ1) is 14.4. The van der Waals surface area contributed by atoms with Crippen LogP contribution in [0.1, 0.15) is 12.7 Å². The maximum absolute atomic E-state index is 12.2. The number of ether oxygens (including phenoxy) is 1. The molecular weight excluding hydrogens is 410 g/mol. The number of aromatic nitrogens is 3. The van der Waals surface area contributed by atoms with Gasteiger partial charge >= 0.3 is 0 Å². The predicted octanol–water partition coefficient (Wildman–Crippen LogP) is 2.04. The second kappa shape index (κ2) is 9.74. The highest BCUT2D eigenvalue weighted by Gasteiger charge is 2.10. The molecule has 2 N–H and O–H groups in total. The molecule has 156 valence electrons. The van der Waals surface area contributed by atoms with Gasteiger partial charge in [0.2, 0.25) is 17.1 Å². The third kappa shape index (κ3) is 5.95. The Morgan fingerprint density at radius 1 is 1.20 bits per heavy atom. The largest absolute Gasteiger partial charge is 0.477 e. The molecule has 0 aliphatic carbocycles. The highest BCUT2D eigenvalue weighted by Crippen LogP contribution is 2.20. The van der Waals surface area contributed by atoms with Crippen LogP contribution >= 0.6 is 11.8 Å². The van der Waals surface area contributed by atoms with E-state index in [1.165, 1.54) is 31.0 Å². The van der Waals surface area contributed by atoms with Crippen LogP contribution in [0.5, 0.6) is 5.75 Å². The lowest BCUT2D eigenvalue weighted by atomic mass is 10.2. The SMILES string of the molecule is CC(=O)Nc1ccc(NC(=O)COc2coc(CSc3nncn3C)cc2=O)cc1. The second-order valence-electron chi connectivity index (χ2n) is 6.18. The van der Waals surface area contributed by atoms with Gasteiger partial charge in [-0.05, 0) is 24.3 Å². The van der Waals surface area contributed by atoms with Crippen molar-refractivity contribution in [3.05, 3.63) is 58.9 Å². The summed E-state index contributed by atoms with van der Waals surface area (Å²) in [5, 5.41) is 13.7. The van der Waals surface area contributed by atoms with Crippen molar-refractivity contribution < 1.29 is 18.7 Å². The fraction of sp³-hybridized carbons (Fsp3) is 0.211. The molecule has 1 aromatic carbocycles. The Labute approximate surface area is 175 Å². The summed E-state index contributed by atoms with van der Waals surface area (Å²) in [4.78, 5) is 35.2. The highest BCUT2D eigenvalue weighted by atomic mass is 32.2. The molecule has 0 saturated heterocycles. The quantitative estimate of drug-likeness (QED) is 0.521. The zero-order valence-corrected chi connectivity index (χ0v) is 17.1. The average Bonchev–Trinajstić information content (AvgIpc) is 3.11. The minimum absolute atomic E-state index is 0.0569. The molecule has 0 bridgehead atoms. The Morgan fingerprint density at radius 2 is 1.90 bits per heavy atom. The minimum Gasteiger partial charge on any atom is -0.477 e. The van der Waals surface area contributed by atoms with Gasteiger partial charge in [0.1, 0.15) is 18.4 Å². The van der Waals surface area contributed by atoms with Gasteiger partial charge in [-0.1, -0.05) is 11.8 Å². The molecule has 0 radical (unpaired) electrons. The van der Waals surface area contributed by atoms with Gasteiger partial charge in [0.05, 0.1) is 5.75 Å². The molecule has 0 fully saturated rings. The number of aryl methyl sites for hydroxylation is 1. The number of rotatable bonds is 8. The lowest BCUT2D eigenvalue weighted by molar-refractivity contribution is -0.118. The molecule has 3 aromatic rings. The van der Waals surface area contributed by atoms with Gasteiger partial charge in [-0.3, -0.25) is 14.4 Å². The number of carbonyl (C=O) groups is 2. The monoisotopic (exact) mass is 429 g/mol. The van der Waals surface area contributed by atoms with Crippen LogP contribution in [-0.4, -0.2) is 33.2 Å². The third-order valence-electron chi connectivity index (χ3n) is 3.71. The van der Waals surface area contributed by atoms with Crippen LogP contribution < -0.4 is 20.8 Å². The number of nitrogens with one attached hydrogen (secondary N) is 2. The van der Waals surface area contributed by atoms with E-state index < -0.39 is 5.91 Å². The number of thioether (sulfide) groups is 1. The zero-order valence-electron chi connectivity index (χ0n) is 16.2. The van der Waals surface area contributed by atoms with Crippen molar-refractivity contribution in [3.63, 3.8) is 0 Å². The Morgan fingerprint density at radius 3 is 2.50 bits per heavy atom. The first-order valence-electron chi connectivity index (χ1n) is 8.79.